The number of hydrogen-bond acceptors (Lipinski definition) is 5. The number of aliphatic imine (C=N–C) groups is 1. The van der Waals surface area contributed by atoms with Gasteiger partial charge in [-0.2, -0.15) is 0 Å². The summed E-state index contributed by atoms with van der Waals surface area (Å²) in [6, 6.07) is 12.3. The van der Waals surface area contributed by atoms with Gasteiger partial charge in [-0.3, -0.25) is 0 Å². The van der Waals surface area contributed by atoms with Gasteiger partial charge in [-0.05, 0) is 36.6 Å². The van der Waals surface area contributed by atoms with Crippen LogP contribution in [0.3, 0.4) is 0 Å². The van der Waals surface area contributed by atoms with Crippen LogP contribution in [0.4, 0.5) is 0 Å². The van der Waals surface area contributed by atoms with Gasteiger partial charge in [0.25, 0.3) is 0 Å². The number of nitrogens with one attached hydrogen (secondary N) is 1. The molecular formula is C23H32N4O3. The van der Waals surface area contributed by atoms with Crippen LogP contribution >= 0.6 is 0 Å². The van der Waals surface area contributed by atoms with E-state index >= 15 is 0 Å². The van der Waals surface area contributed by atoms with Crippen LogP contribution in [0.1, 0.15) is 30.4 Å². The third-order valence-corrected chi connectivity index (χ3v) is 5.16. The first kappa shape index (κ1) is 21.9. The second-order valence-corrected chi connectivity index (χ2v) is 7.22. The molecule has 2 heterocycles. The van der Waals surface area contributed by atoms with Gasteiger partial charge in [0.1, 0.15) is 12.4 Å². The van der Waals surface area contributed by atoms with Crippen molar-refractivity contribution in [2.75, 3.05) is 47.1 Å². The highest BCUT2D eigenvalue weighted by Gasteiger charge is 2.26. The molecule has 0 saturated carbocycles. The summed E-state index contributed by atoms with van der Waals surface area (Å²) in [6.07, 6.45) is 2.94. The Balaban J connectivity index is 1.58. The number of nitrogens with zero attached hydrogens (tertiary/aromatic N) is 3. The summed E-state index contributed by atoms with van der Waals surface area (Å²) in [7, 11) is 3.35. The molecule has 1 saturated heterocycles. The molecule has 1 fully saturated rings. The smallest absolute Gasteiger partial charge is 0.213 e. The maximum atomic E-state index is 5.51. The Morgan fingerprint density at radius 3 is 2.67 bits per heavy atom. The SMILES string of the molecule is CCNC(=NCc1ccc(OCCOC)nc1)N1CCC(c2ccc(OC)cc2)C1. The Bertz CT molecular complexity index is 793. The molecule has 2 aromatic rings. The van der Waals surface area contributed by atoms with Crippen molar-refractivity contribution in [2.45, 2.75) is 25.8 Å². The molecule has 7 nitrogen and oxygen atoms in total. The molecule has 1 aromatic heterocycles. The number of ether oxygens (including phenoxy) is 3. The predicted molar refractivity (Wildman–Crippen MR) is 118 cm³/mol. The van der Waals surface area contributed by atoms with Gasteiger partial charge in [0, 0.05) is 44.9 Å². The second-order valence-electron chi connectivity index (χ2n) is 7.22. The summed E-state index contributed by atoms with van der Waals surface area (Å²) >= 11 is 0. The van der Waals surface area contributed by atoms with Gasteiger partial charge in [-0.25, -0.2) is 9.98 Å². The van der Waals surface area contributed by atoms with E-state index in [1.807, 2.05) is 30.5 Å². The minimum absolute atomic E-state index is 0.496. The summed E-state index contributed by atoms with van der Waals surface area (Å²) in [5, 5.41) is 3.43. The minimum atomic E-state index is 0.496. The normalized spacial score (nSPS) is 16.6. The number of likely N-dealkylation sites (tertiary alicyclic amines) is 1. The first-order chi connectivity index (χ1) is 14.7. The van der Waals surface area contributed by atoms with Crippen LogP contribution in [0.25, 0.3) is 0 Å². The third kappa shape index (κ3) is 6.10. The largest absolute Gasteiger partial charge is 0.497 e. The first-order valence-corrected chi connectivity index (χ1v) is 10.5. The van der Waals surface area contributed by atoms with Gasteiger partial charge in [0.2, 0.25) is 5.88 Å². The Morgan fingerprint density at radius 1 is 1.17 bits per heavy atom. The molecule has 1 unspecified atom stereocenters. The highest BCUT2D eigenvalue weighted by Crippen LogP contribution is 2.28. The van der Waals surface area contributed by atoms with Gasteiger partial charge in [0.05, 0.1) is 20.3 Å². The number of aromatic nitrogens is 1. The fourth-order valence-electron chi connectivity index (χ4n) is 3.51. The summed E-state index contributed by atoms with van der Waals surface area (Å²) in [4.78, 5) is 11.5. The van der Waals surface area contributed by atoms with Crippen LogP contribution in [-0.2, 0) is 11.3 Å². The highest BCUT2D eigenvalue weighted by molar-refractivity contribution is 5.80. The Morgan fingerprint density at radius 2 is 2.00 bits per heavy atom. The number of methoxy groups -OCH3 is 2. The summed E-state index contributed by atoms with van der Waals surface area (Å²) in [5.41, 5.74) is 2.40. The Kier molecular flexibility index (Phi) is 8.32. The van der Waals surface area contributed by atoms with E-state index in [4.69, 9.17) is 19.2 Å². The van der Waals surface area contributed by atoms with E-state index in [-0.39, 0.29) is 0 Å². The molecule has 1 N–H and O–H groups in total. The molecule has 30 heavy (non-hydrogen) atoms. The van der Waals surface area contributed by atoms with Gasteiger partial charge in [-0.15, -0.1) is 0 Å². The van der Waals surface area contributed by atoms with E-state index in [0.29, 0.717) is 31.6 Å². The van der Waals surface area contributed by atoms with Crippen molar-refractivity contribution in [3.05, 3.63) is 53.7 Å². The maximum absolute atomic E-state index is 5.51. The topological polar surface area (TPSA) is 68.2 Å². The number of pyridine rings is 1. The van der Waals surface area contributed by atoms with Gasteiger partial charge < -0.3 is 24.4 Å². The van der Waals surface area contributed by atoms with Crippen LogP contribution < -0.4 is 14.8 Å². The van der Waals surface area contributed by atoms with Crippen molar-refractivity contribution >= 4 is 5.96 Å². The van der Waals surface area contributed by atoms with Crippen molar-refractivity contribution in [3.63, 3.8) is 0 Å². The quantitative estimate of drug-likeness (QED) is 0.388. The predicted octanol–water partition coefficient (Wildman–Crippen LogP) is 3.07. The third-order valence-electron chi connectivity index (χ3n) is 5.16. The van der Waals surface area contributed by atoms with Gasteiger partial charge in [0.15, 0.2) is 5.96 Å². The Hall–Kier alpha value is -2.80. The number of rotatable bonds is 9. The van der Waals surface area contributed by atoms with Crippen LogP contribution in [0.2, 0.25) is 0 Å². The van der Waals surface area contributed by atoms with Gasteiger partial charge >= 0.3 is 0 Å². The summed E-state index contributed by atoms with van der Waals surface area (Å²) in [6.45, 7) is 6.52. The first-order valence-electron chi connectivity index (χ1n) is 10.5. The van der Waals surface area contributed by atoms with E-state index in [1.54, 1.807) is 14.2 Å². The van der Waals surface area contributed by atoms with Crippen molar-refractivity contribution in [2.24, 2.45) is 4.99 Å². The lowest BCUT2D eigenvalue weighted by atomic mass is 9.98. The lowest BCUT2D eigenvalue weighted by Gasteiger charge is -2.22. The molecule has 162 valence electrons. The average molecular weight is 413 g/mol. The summed E-state index contributed by atoms with van der Waals surface area (Å²) in [5.74, 6) is 2.96. The standard InChI is InChI=1S/C23H32N4O3/c1-4-24-23(26-16-18-5-10-22(25-15-18)30-14-13-28-2)27-12-11-20(17-27)19-6-8-21(29-3)9-7-19/h5-10,15,20H,4,11-14,16-17H2,1-3H3,(H,24,26). The molecule has 1 aromatic carbocycles. The molecule has 0 amide bonds. The molecule has 0 spiro atoms. The van der Waals surface area contributed by atoms with E-state index < -0.39 is 0 Å². The molecule has 0 bridgehead atoms. The van der Waals surface area contributed by atoms with E-state index in [9.17, 15) is 0 Å². The van der Waals surface area contributed by atoms with E-state index in [2.05, 4.69) is 34.3 Å². The zero-order valence-corrected chi connectivity index (χ0v) is 18.1. The van der Waals surface area contributed by atoms with Crippen LogP contribution in [0.15, 0.2) is 47.6 Å². The van der Waals surface area contributed by atoms with Crippen LogP contribution in [0, 0.1) is 0 Å². The van der Waals surface area contributed by atoms with Gasteiger partial charge in [-0.1, -0.05) is 18.2 Å². The monoisotopic (exact) mass is 412 g/mol. The molecule has 0 aliphatic carbocycles. The van der Waals surface area contributed by atoms with E-state index in [0.717, 1.165) is 43.3 Å². The minimum Gasteiger partial charge on any atom is -0.497 e. The lowest BCUT2D eigenvalue weighted by Crippen LogP contribution is -2.40. The van der Waals surface area contributed by atoms with E-state index in [1.165, 1.54) is 5.56 Å². The van der Waals surface area contributed by atoms with Crippen LogP contribution in [0.5, 0.6) is 11.6 Å². The fourth-order valence-corrected chi connectivity index (χ4v) is 3.51. The molecular weight excluding hydrogens is 380 g/mol. The van der Waals surface area contributed by atoms with Crippen LogP contribution in [-0.4, -0.2) is 62.9 Å². The molecule has 3 rings (SSSR count). The zero-order chi connectivity index (χ0) is 21.2. The second kappa shape index (κ2) is 11.4. The maximum Gasteiger partial charge on any atom is 0.213 e. The number of benzene rings is 1. The van der Waals surface area contributed by atoms with Crippen molar-refractivity contribution in [3.8, 4) is 11.6 Å². The fraction of sp³-hybridized carbons (Fsp3) is 0.478. The lowest BCUT2D eigenvalue weighted by molar-refractivity contribution is 0.143. The summed E-state index contributed by atoms with van der Waals surface area (Å²) < 4.78 is 15.8. The van der Waals surface area contributed by atoms with Crippen molar-refractivity contribution in [1.82, 2.24) is 15.2 Å². The Labute approximate surface area is 179 Å². The molecule has 1 aliphatic rings. The highest BCUT2D eigenvalue weighted by atomic mass is 16.5. The van der Waals surface area contributed by atoms with Crippen molar-refractivity contribution < 1.29 is 14.2 Å². The number of guanidine groups is 1. The zero-order valence-electron chi connectivity index (χ0n) is 18.1. The van der Waals surface area contributed by atoms with Crippen molar-refractivity contribution in [1.29, 1.82) is 0 Å². The molecule has 0 radical (unpaired) electrons. The average Bonchev–Trinajstić information content (AvgIpc) is 3.28. The molecule has 1 atom stereocenters. The molecule has 7 heteroatoms. The molecule has 1 aliphatic heterocycles. The number of hydrogen-bond donors (Lipinski definition) is 1.